The maximum absolute atomic E-state index is 13.2. The monoisotopic (exact) mass is 472 g/mol. The molecule has 2 aliphatic carbocycles. The van der Waals surface area contributed by atoms with Gasteiger partial charge in [0.1, 0.15) is 11.2 Å². The summed E-state index contributed by atoms with van der Waals surface area (Å²) in [7, 11) is 0. The second kappa shape index (κ2) is 9.10. The fourth-order valence-electron chi connectivity index (χ4n) is 5.08. The van der Waals surface area contributed by atoms with Gasteiger partial charge in [-0.1, -0.05) is 33.3 Å². The Labute approximate surface area is 196 Å². The Balaban J connectivity index is 1.60. The maximum Gasteiger partial charge on any atom is 0.269 e. The minimum absolute atomic E-state index is 0.0640. The number of rotatable bonds is 6. The number of carbonyl (C=O) groups is 2. The zero-order valence-corrected chi connectivity index (χ0v) is 20.9. The van der Waals surface area contributed by atoms with Crippen LogP contribution in [0.5, 0.6) is 0 Å². The lowest BCUT2D eigenvalue weighted by Crippen LogP contribution is -2.44. The summed E-state index contributed by atoms with van der Waals surface area (Å²) >= 11 is 2.82. The third-order valence-corrected chi connectivity index (χ3v) is 8.75. The number of thiophene rings is 1. The van der Waals surface area contributed by atoms with E-state index in [1.54, 1.807) is 11.3 Å². The molecule has 0 aromatic carbocycles. The molecule has 4 rings (SSSR count). The van der Waals surface area contributed by atoms with Gasteiger partial charge in [-0.25, -0.2) is 0 Å². The first kappa shape index (κ1) is 23.2. The zero-order chi connectivity index (χ0) is 23.0. The lowest BCUT2D eigenvalue weighted by molar-refractivity contribution is -0.123. The largest absolute Gasteiger partial charge is 0.352 e. The van der Waals surface area contributed by atoms with Crippen LogP contribution in [-0.4, -0.2) is 22.3 Å². The van der Waals surface area contributed by atoms with E-state index in [0.29, 0.717) is 15.1 Å². The summed E-state index contributed by atoms with van der Waals surface area (Å²) < 4.78 is 2.52. The van der Waals surface area contributed by atoms with Crippen LogP contribution in [0, 0.1) is 23.2 Å². The van der Waals surface area contributed by atoms with E-state index in [4.69, 9.17) is 0 Å². The number of nitrogens with one attached hydrogen (secondary N) is 1. The van der Waals surface area contributed by atoms with Gasteiger partial charge in [-0.05, 0) is 61.5 Å². The van der Waals surface area contributed by atoms with Crippen LogP contribution >= 0.6 is 22.7 Å². The molecule has 1 amide bonds. The molecule has 2 saturated carbocycles. The van der Waals surface area contributed by atoms with Crippen LogP contribution in [0.4, 0.5) is 0 Å². The molecule has 0 spiro atoms. The van der Waals surface area contributed by atoms with Gasteiger partial charge in [0, 0.05) is 22.4 Å². The van der Waals surface area contributed by atoms with E-state index >= 15 is 0 Å². The van der Waals surface area contributed by atoms with Crippen molar-refractivity contribution in [2.45, 2.75) is 66.0 Å². The predicted molar refractivity (Wildman–Crippen MR) is 131 cm³/mol. The SMILES string of the molecule is CC(NC(=O)Cn1c(=O)/c(=C/c2cccs2)s/c1=C\C(=O)C(C)(C)C)C1CC2CCC1C2. The van der Waals surface area contributed by atoms with Crippen LogP contribution in [0.3, 0.4) is 0 Å². The smallest absolute Gasteiger partial charge is 0.269 e. The lowest BCUT2D eigenvalue weighted by atomic mass is 9.84. The zero-order valence-electron chi connectivity index (χ0n) is 19.2. The molecule has 4 atom stereocenters. The van der Waals surface area contributed by atoms with Crippen molar-refractivity contribution in [3.05, 3.63) is 41.9 Å². The van der Waals surface area contributed by atoms with E-state index in [1.807, 2.05) is 44.4 Å². The summed E-state index contributed by atoms with van der Waals surface area (Å²) in [5.74, 6) is 1.85. The van der Waals surface area contributed by atoms with Gasteiger partial charge >= 0.3 is 0 Å². The van der Waals surface area contributed by atoms with Crippen molar-refractivity contribution in [1.82, 2.24) is 9.88 Å². The first-order valence-electron chi connectivity index (χ1n) is 11.4. The fraction of sp³-hybridized carbons (Fsp3) is 0.560. The van der Waals surface area contributed by atoms with Gasteiger partial charge < -0.3 is 5.32 Å². The molecular weight excluding hydrogens is 440 g/mol. The summed E-state index contributed by atoms with van der Waals surface area (Å²) in [6, 6.07) is 3.98. The Morgan fingerprint density at radius 1 is 1.28 bits per heavy atom. The first-order chi connectivity index (χ1) is 15.1. The number of fused-ring (bicyclic) bond motifs is 2. The molecular formula is C25H32N2O3S2. The van der Waals surface area contributed by atoms with Gasteiger partial charge in [0.05, 0.1) is 4.53 Å². The highest BCUT2D eigenvalue weighted by molar-refractivity contribution is 7.11. The second-order valence-corrected chi connectivity index (χ2v) is 12.4. The van der Waals surface area contributed by atoms with Gasteiger partial charge in [0.25, 0.3) is 5.56 Å². The molecule has 7 heteroatoms. The van der Waals surface area contributed by atoms with Gasteiger partial charge in [-0.2, -0.15) is 0 Å². The summed E-state index contributed by atoms with van der Waals surface area (Å²) in [6.07, 6.45) is 8.45. The van der Waals surface area contributed by atoms with E-state index in [1.165, 1.54) is 47.7 Å². The summed E-state index contributed by atoms with van der Waals surface area (Å²) in [4.78, 5) is 39.7. The van der Waals surface area contributed by atoms with Crippen LogP contribution < -0.4 is 20.1 Å². The second-order valence-electron chi connectivity index (χ2n) is 10.3. The summed E-state index contributed by atoms with van der Waals surface area (Å²) in [5.41, 5.74) is -0.778. The number of Topliss-reactive ketones (excluding diaryl/α,β-unsaturated/α-hetero) is 1. The molecule has 32 heavy (non-hydrogen) atoms. The quantitative estimate of drug-likeness (QED) is 0.702. The van der Waals surface area contributed by atoms with Gasteiger partial charge in [0.2, 0.25) is 5.91 Å². The molecule has 2 aliphatic rings. The highest BCUT2D eigenvalue weighted by Crippen LogP contribution is 2.49. The molecule has 2 heterocycles. The van der Waals surface area contributed by atoms with Crippen LogP contribution in [0.2, 0.25) is 0 Å². The molecule has 1 N–H and O–H groups in total. The summed E-state index contributed by atoms with van der Waals surface area (Å²) in [6.45, 7) is 7.58. The van der Waals surface area contributed by atoms with Crippen molar-refractivity contribution < 1.29 is 9.59 Å². The molecule has 2 aromatic rings. The maximum atomic E-state index is 13.2. The molecule has 5 nitrogen and oxygen atoms in total. The minimum atomic E-state index is -0.555. The number of hydrogen-bond acceptors (Lipinski definition) is 5. The van der Waals surface area contributed by atoms with Crippen molar-refractivity contribution >= 4 is 46.5 Å². The Hall–Kier alpha value is -1.99. The van der Waals surface area contributed by atoms with Crippen molar-refractivity contribution in [2.24, 2.45) is 23.2 Å². The van der Waals surface area contributed by atoms with E-state index in [-0.39, 0.29) is 29.8 Å². The average Bonchev–Trinajstić information content (AvgIpc) is 3.50. The van der Waals surface area contributed by atoms with Gasteiger partial charge in [-0.3, -0.25) is 19.0 Å². The lowest BCUT2D eigenvalue weighted by Gasteiger charge is -2.28. The Morgan fingerprint density at radius 2 is 2.06 bits per heavy atom. The third kappa shape index (κ3) is 4.99. The van der Waals surface area contributed by atoms with Crippen molar-refractivity contribution in [3.63, 3.8) is 0 Å². The average molecular weight is 473 g/mol. The van der Waals surface area contributed by atoms with Crippen molar-refractivity contribution in [2.75, 3.05) is 0 Å². The topological polar surface area (TPSA) is 68.2 Å². The number of carbonyl (C=O) groups excluding carboxylic acids is 2. The Morgan fingerprint density at radius 3 is 2.66 bits per heavy atom. The molecule has 172 valence electrons. The third-order valence-electron chi connectivity index (χ3n) is 6.87. The van der Waals surface area contributed by atoms with E-state index < -0.39 is 5.41 Å². The fourth-order valence-corrected chi connectivity index (χ4v) is 6.84. The standard InChI is InChI=1S/C25H32N2O3S2/c1-15(19-11-16-7-8-17(19)10-16)26-22(29)14-27-23(13-21(28)25(2,3)4)32-20(24(27)30)12-18-6-5-9-31-18/h5-6,9,12-13,15-17,19H,7-8,10-11,14H2,1-4H3,(H,26,29)/b20-12-,23-13-. The van der Waals surface area contributed by atoms with Gasteiger partial charge in [-0.15, -0.1) is 22.7 Å². The van der Waals surface area contributed by atoms with Crippen LogP contribution in [0.1, 0.15) is 58.3 Å². The number of ketones is 1. The first-order valence-corrected chi connectivity index (χ1v) is 13.1. The Kier molecular flexibility index (Phi) is 6.59. The minimum Gasteiger partial charge on any atom is -0.352 e. The van der Waals surface area contributed by atoms with E-state index in [0.717, 1.165) is 16.7 Å². The molecule has 2 aromatic heterocycles. The molecule has 0 radical (unpaired) electrons. The van der Waals surface area contributed by atoms with Crippen LogP contribution in [-0.2, 0) is 16.1 Å². The predicted octanol–water partition coefficient (Wildman–Crippen LogP) is 3.14. The molecule has 0 saturated heterocycles. The highest BCUT2D eigenvalue weighted by atomic mass is 32.1. The molecule has 4 unspecified atom stereocenters. The number of amides is 1. The normalized spacial score (nSPS) is 24.8. The molecule has 2 fully saturated rings. The van der Waals surface area contributed by atoms with Crippen molar-refractivity contribution in [3.8, 4) is 0 Å². The number of hydrogen-bond donors (Lipinski definition) is 1. The highest BCUT2D eigenvalue weighted by Gasteiger charge is 2.42. The van der Waals surface area contributed by atoms with Crippen LogP contribution in [0.15, 0.2) is 22.3 Å². The Bertz CT molecular complexity index is 1170. The molecule has 2 bridgehead atoms. The van der Waals surface area contributed by atoms with Crippen molar-refractivity contribution in [1.29, 1.82) is 0 Å². The van der Waals surface area contributed by atoms with E-state index in [2.05, 4.69) is 12.2 Å². The number of nitrogens with zero attached hydrogens (tertiary/aromatic N) is 1. The van der Waals surface area contributed by atoms with Gasteiger partial charge in [0.15, 0.2) is 5.78 Å². The number of aromatic nitrogens is 1. The number of thiazole rings is 1. The van der Waals surface area contributed by atoms with E-state index in [9.17, 15) is 14.4 Å². The molecule has 0 aliphatic heterocycles. The van der Waals surface area contributed by atoms with Crippen LogP contribution in [0.25, 0.3) is 12.2 Å². The summed E-state index contributed by atoms with van der Waals surface area (Å²) in [5, 5.41) is 5.10.